The highest BCUT2D eigenvalue weighted by Crippen LogP contribution is 2.26. The molecule has 2 heteroatoms. The van der Waals surface area contributed by atoms with Crippen LogP contribution in [-0.2, 0) is 0 Å². The molecular weight excluding hydrogens is 220 g/mol. The van der Waals surface area contributed by atoms with Crippen LogP contribution in [-0.4, -0.2) is 9.97 Å². The summed E-state index contributed by atoms with van der Waals surface area (Å²) in [7, 11) is 0. The summed E-state index contributed by atoms with van der Waals surface area (Å²) in [4.78, 5) is 9.32. The Bertz CT molecular complexity index is 730. The maximum Gasteiger partial charge on any atom is 0.0968 e. The van der Waals surface area contributed by atoms with Crippen molar-refractivity contribution in [2.75, 3.05) is 0 Å². The van der Waals surface area contributed by atoms with Gasteiger partial charge in [-0.1, -0.05) is 32.0 Å². The van der Waals surface area contributed by atoms with E-state index in [2.05, 4.69) is 50.0 Å². The van der Waals surface area contributed by atoms with Crippen LogP contribution in [0.5, 0.6) is 0 Å². The van der Waals surface area contributed by atoms with Gasteiger partial charge in [-0.25, -0.2) is 4.98 Å². The third kappa shape index (κ3) is 1.65. The molecule has 3 rings (SSSR count). The van der Waals surface area contributed by atoms with Crippen LogP contribution in [0.1, 0.15) is 31.0 Å². The van der Waals surface area contributed by atoms with Gasteiger partial charge in [0.05, 0.1) is 11.0 Å². The summed E-state index contributed by atoms with van der Waals surface area (Å²) in [6, 6.07) is 10.5. The van der Waals surface area contributed by atoms with Crippen LogP contribution in [0.2, 0.25) is 0 Å². The van der Waals surface area contributed by atoms with Gasteiger partial charge in [0, 0.05) is 22.7 Å². The van der Waals surface area contributed by atoms with Crippen LogP contribution in [0.3, 0.4) is 0 Å². The van der Waals surface area contributed by atoms with Crippen molar-refractivity contribution in [3.8, 4) is 0 Å². The molecule has 2 nitrogen and oxygen atoms in total. The number of hydrogen-bond acceptors (Lipinski definition) is 2. The van der Waals surface area contributed by atoms with E-state index in [-0.39, 0.29) is 0 Å². The van der Waals surface area contributed by atoms with Crippen molar-refractivity contribution in [2.45, 2.75) is 26.7 Å². The van der Waals surface area contributed by atoms with Gasteiger partial charge in [-0.2, -0.15) is 0 Å². The van der Waals surface area contributed by atoms with E-state index in [4.69, 9.17) is 4.98 Å². The first-order chi connectivity index (χ1) is 8.66. The predicted molar refractivity (Wildman–Crippen MR) is 75.9 cm³/mol. The highest BCUT2D eigenvalue weighted by atomic mass is 14.8. The molecule has 18 heavy (non-hydrogen) atoms. The average molecular weight is 236 g/mol. The number of benzene rings is 1. The number of aryl methyl sites for hydroxylation is 1. The monoisotopic (exact) mass is 236 g/mol. The van der Waals surface area contributed by atoms with E-state index in [0.717, 1.165) is 16.4 Å². The van der Waals surface area contributed by atoms with E-state index in [1.165, 1.54) is 16.6 Å². The smallest absolute Gasteiger partial charge is 0.0968 e. The maximum absolute atomic E-state index is 4.84. The first kappa shape index (κ1) is 11.1. The van der Waals surface area contributed by atoms with Crippen molar-refractivity contribution < 1.29 is 0 Å². The van der Waals surface area contributed by atoms with Crippen molar-refractivity contribution in [3.63, 3.8) is 0 Å². The minimum atomic E-state index is 0.438. The van der Waals surface area contributed by atoms with E-state index in [0.29, 0.717) is 5.92 Å². The third-order valence-electron chi connectivity index (χ3n) is 3.33. The van der Waals surface area contributed by atoms with E-state index in [1.807, 2.05) is 12.3 Å². The quantitative estimate of drug-likeness (QED) is 0.591. The van der Waals surface area contributed by atoms with E-state index in [9.17, 15) is 0 Å². The third-order valence-corrected chi connectivity index (χ3v) is 3.33. The van der Waals surface area contributed by atoms with Gasteiger partial charge in [-0.3, -0.25) is 4.98 Å². The first-order valence-corrected chi connectivity index (χ1v) is 6.32. The van der Waals surface area contributed by atoms with E-state index in [1.54, 1.807) is 0 Å². The number of hydrogen-bond donors (Lipinski definition) is 0. The number of rotatable bonds is 1. The first-order valence-electron chi connectivity index (χ1n) is 6.32. The highest BCUT2D eigenvalue weighted by molar-refractivity contribution is 6.02. The van der Waals surface area contributed by atoms with Gasteiger partial charge in [0.1, 0.15) is 0 Å². The Labute approximate surface area is 107 Å². The molecule has 0 atom stereocenters. The largest absolute Gasteiger partial charge is 0.254 e. The molecule has 2 heterocycles. The van der Waals surface area contributed by atoms with Crippen molar-refractivity contribution in [1.82, 2.24) is 9.97 Å². The number of pyridine rings is 2. The topological polar surface area (TPSA) is 25.8 Å². The molecule has 0 saturated carbocycles. The van der Waals surface area contributed by atoms with Crippen molar-refractivity contribution in [3.05, 3.63) is 47.8 Å². The lowest BCUT2D eigenvalue weighted by Gasteiger charge is -2.11. The second kappa shape index (κ2) is 4.05. The molecular formula is C16H16N2. The fourth-order valence-electron chi connectivity index (χ4n) is 2.48. The van der Waals surface area contributed by atoms with Crippen LogP contribution >= 0.6 is 0 Å². The summed E-state index contributed by atoms with van der Waals surface area (Å²) < 4.78 is 0. The Hall–Kier alpha value is -1.96. The molecule has 0 fully saturated rings. The summed E-state index contributed by atoms with van der Waals surface area (Å²) in [5.41, 5.74) is 4.44. The van der Waals surface area contributed by atoms with Gasteiger partial charge in [0.2, 0.25) is 0 Å². The zero-order valence-electron chi connectivity index (χ0n) is 10.9. The molecule has 0 amide bonds. The van der Waals surface area contributed by atoms with Gasteiger partial charge < -0.3 is 0 Å². The molecule has 0 bridgehead atoms. The Morgan fingerprint density at radius 1 is 1.00 bits per heavy atom. The summed E-state index contributed by atoms with van der Waals surface area (Å²) in [5, 5.41) is 2.32. The Kier molecular flexibility index (Phi) is 2.51. The van der Waals surface area contributed by atoms with Gasteiger partial charge >= 0.3 is 0 Å². The van der Waals surface area contributed by atoms with E-state index < -0.39 is 0 Å². The molecule has 90 valence electrons. The average Bonchev–Trinajstić information content (AvgIpc) is 2.37. The van der Waals surface area contributed by atoms with Crippen LogP contribution in [0, 0.1) is 6.92 Å². The molecule has 0 spiro atoms. The lowest BCUT2D eigenvalue weighted by Crippen LogP contribution is -1.98. The zero-order valence-corrected chi connectivity index (χ0v) is 10.9. The molecule has 0 N–H and O–H groups in total. The van der Waals surface area contributed by atoms with Gasteiger partial charge in [0.15, 0.2) is 0 Å². The van der Waals surface area contributed by atoms with Crippen LogP contribution < -0.4 is 0 Å². The Balaban J connectivity index is 2.45. The molecule has 0 aliphatic heterocycles. The van der Waals surface area contributed by atoms with Crippen molar-refractivity contribution in [1.29, 1.82) is 0 Å². The van der Waals surface area contributed by atoms with E-state index >= 15 is 0 Å². The van der Waals surface area contributed by atoms with Crippen LogP contribution in [0.4, 0.5) is 0 Å². The lowest BCUT2D eigenvalue weighted by atomic mass is 10.0. The standard InChI is InChI=1S/C16H16N2/c1-10(2)14-11(3)9-13-7-6-12-5-4-8-17-15(12)16(13)18-14/h4-10H,1-3H3. The van der Waals surface area contributed by atoms with Crippen molar-refractivity contribution >= 4 is 21.8 Å². The zero-order chi connectivity index (χ0) is 12.7. The molecule has 0 radical (unpaired) electrons. The van der Waals surface area contributed by atoms with Crippen LogP contribution in [0.15, 0.2) is 36.5 Å². The molecule has 3 aromatic rings. The number of nitrogens with zero attached hydrogens (tertiary/aromatic N) is 2. The molecule has 0 aliphatic carbocycles. The van der Waals surface area contributed by atoms with Gasteiger partial charge in [-0.15, -0.1) is 0 Å². The van der Waals surface area contributed by atoms with Gasteiger partial charge in [0.25, 0.3) is 0 Å². The highest BCUT2D eigenvalue weighted by Gasteiger charge is 2.09. The normalized spacial score (nSPS) is 11.6. The fraction of sp³-hybridized carbons (Fsp3) is 0.250. The fourth-order valence-corrected chi connectivity index (χ4v) is 2.48. The number of aromatic nitrogens is 2. The molecule has 0 unspecified atom stereocenters. The SMILES string of the molecule is Cc1cc2ccc3cccnc3c2nc1C(C)C. The minimum Gasteiger partial charge on any atom is -0.254 e. The second-order valence-electron chi connectivity index (χ2n) is 5.06. The molecule has 2 aromatic heterocycles. The Morgan fingerprint density at radius 2 is 1.78 bits per heavy atom. The molecule has 1 aromatic carbocycles. The Morgan fingerprint density at radius 3 is 2.56 bits per heavy atom. The summed E-state index contributed by atoms with van der Waals surface area (Å²) in [6.07, 6.45) is 1.83. The predicted octanol–water partition coefficient (Wildman–Crippen LogP) is 4.21. The van der Waals surface area contributed by atoms with Crippen LogP contribution in [0.25, 0.3) is 21.8 Å². The molecule has 0 aliphatic rings. The summed E-state index contributed by atoms with van der Waals surface area (Å²) in [5.74, 6) is 0.438. The summed E-state index contributed by atoms with van der Waals surface area (Å²) in [6.45, 7) is 6.49. The summed E-state index contributed by atoms with van der Waals surface area (Å²) >= 11 is 0. The molecule has 0 saturated heterocycles. The minimum absolute atomic E-state index is 0.438. The maximum atomic E-state index is 4.84. The lowest BCUT2D eigenvalue weighted by molar-refractivity contribution is 0.819. The van der Waals surface area contributed by atoms with Gasteiger partial charge in [-0.05, 0) is 30.5 Å². The second-order valence-corrected chi connectivity index (χ2v) is 5.06. The number of fused-ring (bicyclic) bond motifs is 3. The van der Waals surface area contributed by atoms with Crippen molar-refractivity contribution in [2.24, 2.45) is 0 Å².